The molecule has 118 valence electrons. The summed E-state index contributed by atoms with van der Waals surface area (Å²) in [5.74, 6) is 1.84. The molecule has 2 fully saturated rings. The maximum atomic E-state index is 6.00. The van der Waals surface area contributed by atoms with E-state index in [2.05, 4.69) is 10.4 Å². The molecule has 2 heterocycles. The third-order valence-corrected chi connectivity index (χ3v) is 4.93. The zero-order chi connectivity index (χ0) is 15.1. The number of rotatable bonds is 4. The zero-order valence-corrected chi connectivity index (χ0v) is 12.8. The van der Waals surface area contributed by atoms with E-state index < -0.39 is 0 Å². The Bertz CT molecular complexity index is 667. The minimum absolute atomic E-state index is 0.359. The molecule has 0 saturated heterocycles. The lowest BCUT2D eigenvalue weighted by atomic mass is 9.85. The smallest absolute Gasteiger partial charge is 0.177 e. The number of nitrogens with zero attached hydrogens (tertiary/aromatic N) is 3. The number of anilines is 2. The summed E-state index contributed by atoms with van der Waals surface area (Å²) in [7, 11) is 0. The number of nitrogens with two attached hydrogens (primary N) is 2. The molecule has 0 atom stereocenters. The van der Waals surface area contributed by atoms with Crippen molar-refractivity contribution in [3.63, 3.8) is 0 Å². The van der Waals surface area contributed by atoms with Crippen molar-refractivity contribution in [2.45, 2.75) is 50.5 Å². The van der Waals surface area contributed by atoms with E-state index in [0.717, 1.165) is 55.2 Å². The van der Waals surface area contributed by atoms with Gasteiger partial charge in [0.25, 0.3) is 0 Å². The quantitative estimate of drug-likeness (QED) is 0.804. The highest BCUT2D eigenvalue weighted by atomic mass is 15.3. The molecule has 0 spiro atoms. The Labute approximate surface area is 130 Å². The molecule has 0 unspecified atom stereocenters. The lowest BCUT2D eigenvalue weighted by molar-refractivity contribution is 0.391. The normalized spacial score (nSPS) is 25.5. The van der Waals surface area contributed by atoms with Crippen molar-refractivity contribution in [2.75, 3.05) is 17.6 Å². The van der Waals surface area contributed by atoms with Gasteiger partial charge in [0.15, 0.2) is 5.65 Å². The second kappa shape index (κ2) is 5.43. The van der Waals surface area contributed by atoms with Crippen LogP contribution in [0.25, 0.3) is 5.65 Å². The summed E-state index contributed by atoms with van der Waals surface area (Å²) in [6.45, 7) is 1.000. The molecule has 4 rings (SSSR count). The highest BCUT2D eigenvalue weighted by Crippen LogP contribution is 2.33. The van der Waals surface area contributed by atoms with E-state index in [9.17, 15) is 0 Å². The molecule has 0 aliphatic heterocycles. The van der Waals surface area contributed by atoms with E-state index in [1.165, 1.54) is 12.8 Å². The van der Waals surface area contributed by atoms with Gasteiger partial charge in [-0.15, -0.1) is 5.10 Å². The molecule has 2 aliphatic carbocycles. The Kier molecular flexibility index (Phi) is 3.41. The second-order valence-corrected chi connectivity index (χ2v) is 6.85. The first-order valence-electron chi connectivity index (χ1n) is 8.34. The van der Waals surface area contributed by atoms with Gasteiger partial charge in [-0.25, -0.2) is 9.50 Å². The van der Waals surface area contributed by atoms with Crippen LogP contribution in [-0.4, -0.2) is 27.2 Å². The van der Waals surface area contributed by atoms with E-state index in [1.807, 2.05) is 16.8 Å². The van der Waals surface area contributed by atoms with Crippen LogP contribution in [0, 0.1) is 5.92 Å². The summed E-state index contributed by atoms with van der Waals surface area (Å²) in [6.07, 6.45) is 9.09. The van der Waals surface area contributed by atoms with Crippen LogP contribution in [-0.2, 0) is 0 Å². The van der Waals surface area contributed by atoms with Gasteiger partial charge in [-0.2, -0.15) is 0 Å². The fourth-order valence-electron chi connectivity index (χ4n) is 3.33. The molecular formula is C16H24N6. The Morgan fingerprint density at radius 1 is 1.18 bits per heavy atom. The topological polar surface area (TPSA) is 94.3 Å². The van der Waals surface area contributed by atoms with E-state index >= 15 is 0 Å². The molecule has 0 aromatic carbocycles. The number of aromatic nitrogens is 3. The van der Waals surface area contributed by atoms with Gasteiger partial charge in [0, 0.05) is 24.6 Å². The monoisotopic (exact) mass is 300 g/mol. The number of nitrogen functional groups attached to an aromatic ring is 1. The van der Waals surface area contributed by atoms with Crippen molar-refractivity contribution >= 4 is 17.2 Å². The van der Waals surface area contributed by atoms with Crippen LogP contribution in [0.1, 0.15) is 50.1 Å². The molecule has 6 heteroatoms. The van der Waals surface area contributed by atoms with Gasteiger partial charge in [0.05, 0.1) is 17.6 Å². The van der Waals surface area contributed by atoms with Crippen LogP contribution in [0.2, 0.25) is 0 Å². The van der Waals surface area contributed by atoms with Crippen LogP contribution in [0.4, 0.5) is 11.5 Å². The molecule has 6 nitrogen and oxygen atoms in total. The Balaban J connectivity index is 1.62. The zero-order valence-electron chi connectivity index (χ0n) is 12.8. The molecule has 0 amide bonds. The lowest BCUT2D eigenvalue weighted by Gasteiger charge is -2.24. The van der Waals surface area contributed by atoms with Crippen molar-refractivity contribution in [3.05, 3.63) is 18.0 Å². The first kappa shape index (κ1) is 13.8. The fourth-order valence-corrected chi connectivity index (χ4v) is 3.33. The van der Waals surface area contributed by atoms with Crippen LogP contribution in [0.15, 0.2) is 12.3 Å². The Hall–Kier alpha value is -1.82. The molecule has 2 saturated carbocycles. The van der Waals surface area contributed by atoms with Gasteiger partial charge < -0.3 is 16.8 Å². The van der Waals surface area contributed by atoms with Gasteiger partial charge >= 0.3 is 0 Å². The molecule has 0 radical (unpaired) electrons. The summed E-state index contributed by atoms with van der Waals surface area (Å²) in [5.41, 5.74) is 15.0. The van der Waals surface area contributed by atoms with E-state index in [-0.39, 0.29) is 0 Å². The summed E-state index contributed by atoms with van der Waals surface area (Å²) in [6, 6.07) is 2.25. The predicted octanol–water partition coefficient (Wildman–Crippen LogP) is 2.12. The van der Waals surface area contributed by atoms with Crippen molar-refractivity contribution in [1.82, 2.24) is 14.6 Å². The van der Waals surface area contributed by atoms with Gasteiger partial charge in [-0.1, -0.05) is 0 Å². The molecule has 0 bridgehead atoms. The summed E-state index contributed by atoms with van der Waals surface area (Å²) in [5, 5.41) is 7.87. The molecule has 5 N–H and O–H groups in total. The third-order valence-electron chi connectivity index (χ3n) is 4.93. The van der Waals surface area contributed by atoms with Crippen LogP contribution in [0.3, 0.4) is 0 Å². The van der Waals surface area contributed by atoms with Gasteiger partial charge in [-0.05, 0) is 44.4 Å². The number of nitrogens with one attached hydrogen (secondary N) is 1. The van der Waals surface area contributed by atoms with Gasteiger partial charge in [0.2, 0.25) is 0 Å². The largest absolute Gasteiger partial charge is 0.382 e. The first-order valence-corrected chi connectivity index (χ1v) is 8.34. The van der Waals surface area contributed by atoms with Crippen molar-refractivity contribution in [3.8, 4) is 0 Å². The Morgan fingerprint density at radius 2 is 1.95 bits per heavy atom. The SMILES string of the molecule is Nc1cc(NCC2CC2)c2nc([C@H]3CC[C@H](N)CC3)cn2n1. The van der Waals surface area contributed by atoms with Crippen molar-refractivity contribution < 1.29 is 0 Å². The summed E-state index contributed by atoms with van der Waals surface area (Å²) < 4.78 is 1.83. The number of imidazole rings is 1. The molecule has 2 aromatic rings. The van der Waals surface area contributed by atoms with Crippen LogP contribution in [0.5, 0.6) is 0 Å². The van der Waals surface area contributed by atoms with Crippen LogP contribution >= 0.6 is 0 Å². The van der Waals surface area contributed by atoms with Gasteiger partial charge in [-0.3, -0.25) is 0 Å². The molecule has 2 aliphatic rings. The van der Waals surface area contributed by atoms with Gasteiger partial charge in [0.1, 0.15) is 5.82 Å². The van der Waals surface area contributed by atoms with E-state index in [4.69, 9.17) is 16.5 Å². The lowest BCUT2D eigenvalue weighted by Crippen LogP contribution is -2.25. The van der Waals surface area contributed by atoms with E-state index in [0.29, 0.717) is 17.8 Å². The number of hydrogen-bond acceptors (Lipinski definition) is 5. The highest BCUT2D eigenvalue weighted by molar-refractivity contribution is 5.70. The molecular weight excluding hydrogens is 276 g/mol. The summed E-state index contributed by atoms with van der Waals surface area (Å²) >= 11 is 0. The maximum absolute atomic E-state index is 6.00. The first-order chi connectivity index (χ1) is 10.7. The third kappa shape index (κ3) is 2.75. The average molecular weight is 300 g/mol. The van der Waals surface area contributed by atoms with Crippen molar-refractivity contribution in [1.29, 1.82) is 0 Å². The standard InChI is InChI=1S/C16H24N6/c17-12-5-3-11(4-6-12)14-9-22-16(20-14)13(7-15(18)21-22)19-8-10-1-2-10/h7,9-12,19H,1-6,8,17H2,(H2,18,21)/t11-,12-. The minimum atomic E-state index is 0.359. The van der Waals surface area contributed by atoms with Crippen molar-refractivity contribution in [2.24, 2.45) is 11.7 Å². The predicted molar refractivity (Wildman–Crippen MR) is 87.8 cm³/mol. The fraction of sp³-hybridized carbons (Fsp3) is 0.625. The molecule has 22 heavy (non-hydrogen) atoms. The number of hydrogen-bond donors (Lipinski definition) is 3. The summed E-state index contributed by atoms with van der Waals surface area (Å²) in [4.78, 5) is 4.84. The Morgan fingerprint density at radius 3 is 2.68 bits per heavy atom. The number of fused-ring (bicyclic) bond motifs is 1. The van der Waals surface area contributed by atoms with E-state index in [1.54, 1.807) is 0 Å². The molecule has 2 aromatic heterocycles. The van der Waals surface area contributed by atoms with Crippen LogP contribution < -0.4 is 16.8 Å². The minimum Gasteiger partial charge on any atom is -0.382 e. The maximum Gasteiger partial charge on any atom is 0.177 e. The second-order valence-electron chi connectivity index (χ2n) is 6.85. The highest BCUT2D eigenvalue weighted by Gasteiger charge is 2.24. The average Bonchev–Trinajstić information content (AvgIpc) is 3.23.